The first-order valence-electron chi connectivity index (χ1n) is 20.0. The third-order valence-corrected chi connectivity index (χ3v) is 13.7. The third kappa shape index (κ3) is 4.84. The van der Waals surface area contributed by atoms with Gasteiger partial charge in [-0.05, 0) is 86.1 Å². The molecule has 2 nitrogen and oxygen atoms in total. The zero-order valence-electron chi connectivity index (χ0n) is 32.2. The van der Waals surface area contributed by atoms with Crippen LogP contribution in [0.2, 0.25) is 0 Å². The molecule has 1 aliphatic rings. The summed E-state index contributed by atoms with van der Waals surface area (Å²) in [4.78, 5) is 2.45. The molecule has 0 unspecified atom stereocenters. The standard InChI is InChI=1S/C55H37NOS/c1-55(2)46-22-10-8-18-40(46)41-31-30-38(33-47(41)55)56(49-24-13-21-44-42-19-9-11-25-50(42)58-54(44)49)48-23-12-20-43-45-32-37-16-6-7-17-39(37)51(53(45)57-52(43)48)36-28-26-35(27-29-36)34-14-4-3-5-15-34/h3-33H,1-2H3. The van der Waals surface area contributed by atoms with Gasteiger partial charge in [0.05, 0.1) is 16.1 Å². The van der Waals surface area contributed by atoms with Crippen LogP contribution in [0, 0.1) is 0 Å². The van der Waals surface area contributed by atoms with E-state index < -0.39 is 0 Å². The number of benzene rings is 9. The van der Waals surface area contributed by atoms with Crippen LogP contribution in [-0.2, 0) is 5.41 Å². The van der Waals surface area contributed by atoms with E-state index in [1.807, 2.05) is 11.3 Å². The Bertz CT molecular complexity index is 3420. The van der Waals surface area contributed by atoms with Gasteiger partial charge in [-0.2, -0.15) is 0 Å². The summed E-state index contributed by atoms with van der Waals surface area (Å²) in [7, 11) is 0. The Morgan fingerprint density at radius 1 is 0.448 bits per heavy atom. The van der Waals surface area contributed by atoms with E-state index >= 15 is 0 Å². The fourth-order valence-electron chi connectivity index (χ4n) is 9.65. The average molecular weight is 760 g/mol. The Morgan fingerprint density at radius 3 is 1.97 bits per heavy atom. The zero-order valence-corrected chi connectivity index (χ0v) is 33.0. The number of furan rings is 1. The number of hydrogen-bond acceptors (Lipinski definition) is 3. The van der Waals surface area contributed by atoms with Crippen LogP contribution in [0.25, 0.3) is 86.3 Å². The van der Waals surface area contributed by atoms with Crippen LogP contribution in [-0.4, -0.2) is 0 Å². The van der Waals surface area contributed by atoms with E-state index in [1.54, 1.807) is 0 Å². The van der Waals surface area contributed by atoms with Crippen molar-refractivity contribution in [2.45, 2.75) is 19.3 Å². The molecule has 274 valence electrons. The van der Waals surface area contributed by atoms with Crippen molar-refractivity contribution in [2.24, 2.45) is 0 Å². The summed E-state index contributed by atoms with van der Waals surface area (Å²) in [6.07, 6.45) is 0. The average Bonchev–Trinajstić information content (AvgIpc) is 3.92. The molecule has 11 aromatic rings. The molecule has 0 N–H and O–H groups in total. The van der Waals surface area contributed by atoms with Crippen LogP contribution >= 0.6 is 11.3 Å². The summed E-state index contributed by atoms with van der Waals surface area (Å²) < 4.78 is 9.87. The van der Waals surface area contributed by atoms with Gasteiger partial charge in [0.1, 0.15) is 5.58 Å². The second kappa shape index (κ2) is 12.5. The molecular formula is C55H37NOS. The van der Waals surface area contributed by atoms with Gasteiger partial charge in [-0.25, -0.2) is 0 Å². The van der Waals surface area contributed by atoms with Crippen LogP contribution in [0.4, 0.5) is 17.1 Å². The number of thiophene rings is 1. The number of para-hydroxylation sites is 1. The Hall–Kier alpha value is -6.94. The molecule has 9 aromatic carbocycles. The minimum absolute atomic E-state index is 0.145. The van der Waals surface area contributed by atoms with Crippen molar-refractivity contribution in [2.75, 3.05) is 4.90 Å². The number of fused-ring (bicyclic) bond motifs is 10. The highest BCUT2D eigenvalue weighted by atomic mass is 32.1. The summed E-state index contributed by atoms with van der Waals surface area (Å²) in [5.41, 5.74) is 14.9. The summed E-state index contributed by atoms with van der Waals surface area (Å²) in [5.74, 6) is 0. The quantitative estimate of drug-likeness (QED) is 0.174. The highest BCUT2D eigenvalue weighted by molar-refractivity contribution is 7.26. The molecule has 0 saturated heterocycles. The minimum atomic E-state index is -0.145. The molecule has 0 radical (unpaired) electrons. The van der Waals surface area contributed by atoms with Gasteiger partial charge < -0.3 is 9.32 Å². The van der Waals surface area contributed by atoms with Crippen molar-refractivity contribution in [3.8, 4) is 33.4 Å². The molecule has 0 saturated carbocycles. The molecule has 12 rings (SSSR count). The maximum Gasteiger partial charge on any atom is 0.159 e. The van der Waals surface area contributed by atoms with Crippen molar-refractivity contribution in [3.05, 3.63) is 199 Å². The number of nitrogens with zero attached hydrogens (tertiary/aromatic N) is 1. The summed E-state index contributed by atoms with van der Waals surface area (Å²) >= 11 is 1.86. The fourth-order valence-corrected chi connectivity index (χ4v) is 10.9. The van der Waals surface area contributed by atoms with Gasteiger partial charge in [-0.1, -0.05) is 166 Å². The van der Waals surface area contributed by atoms with Gasteiger partial charge >= 0.3 is 0 Å². The van der Waals surface area contributed by atoms with Gasteiger partial charge in [0, 0.05) is 42.9 Å². The van der Waals surface area contributed by atoms with Crippen molar-refractivity contribution in [3.63, 3.8) is 0 Å². The second-order valence-electron chi connectivity index (χ2n) is 16.0. The van der Waals surface area contributed by atoms with Crippen LogP contribution < -0.4 is 4.90 Å². The van der Waals surface area contributed by atoms with E-state index in [4.69, 9.17) is 4.42 Å². The van der Waals surface area contributed by atoms with Crippen LogP contribution in [0.1, 0.15) is 25.0 Å². The molecule has 2 aromatic heterocycles. The molecule has 58 heavy (non-hydrogen) atoms. The van der Waals surface area contributed by atoms with Gasteiger partial charge in [0.15, 0.2) is 5.58 Å². The fraction of sp³-hybridized carbons (Fsp3) is 0.0545. The van der Waals surface area contributed by atoms with E-state index in [-0.39, 0.29) is 5.41 Å². The van der Waals surface area contributed by atoms with Gasteiger partial charge in [-0.15, -0.1) is 11.3 Å². The number of anilines is 3. The summed E-state index contributed by atoms with van der Waals surface area (Å²) in [5, 5.41) is 7.13. The topological polar surface area (TPSA) is 16.4 Å². The van der Waals surface area contributed by atoms with Crippen LogP contribution in [0.15, 0.2) is 192 Å². The lowest BCUT2D eigenvalue weighted by Gasteiger charge is -2.28. The van der Waals surface area contributed by atoms with E-state index in [9.17, 15) is 0 Å². The summed E-state index contributed by atoms with van der Waals surface area (Å²) in [6, 6.07) is 68.7. The lowest BCUT2D eigenvalue weighted by atomic mass is 9.82. The first-order valence-corrected chi connectivity index (χ1v) is 20.8. The van der Waals surface area contributed by atoms with Crippen LogP contribution in [0.3, 0.4) is 0 Å². The SMILES string of the molecule is CC1(C)c2ccccc2-c2ccc(N(c3cccc4c3oc3c(-c5ccc(-c6ccccc6)cc5)c5ccccc5cc34)c3cccc4c3sc3ccccc34)cc21. The van der Waals surface area contributed by atoms with Gasteiger partial charge in [0.25, 0.3) is 0 Å². The normalized spacial score (nSPS) is 13.1. The number of rotatable bonds is 5. The molecule has 0 aliphatic heterocycles. The molecule has 0 atom stereocenters. The monoisotopic (exact) mass is 759 g/mol. The van der Waals surface area contributed by atoms with Gasteiger partial charge in [0.2, 0.25) is 0 Å². The molecule has 0 amide bonds. The highest BCUT2D eigenvalue weighted by Gasteiger charge is 2.36. The maximum atomic E-state index is 7.33. The van der Waals surface area contributed by atoms with Crippen LogP contribution in [0.5, 0.6) is 0 Å². The zero-order chi connectivity index (χ0) is 38.5. The molecule has 3 heteroatoms. The highest BCUT2D eigenvalue weighted by Crippen LogP contribution is 2.53. The maximum absolute atomic E-state index is 7.33. The lowest BCUT2D eigenvalue weighted by molar-refractivity contribution is 0.660. The predicted molar refractivity (Wildman–Crippen MR) is 247 cm³/mol. The Morgan fingerprint density at radius 2 is 1.10 bits per heavy atom. The molecule has 0 bridgehead atoms. The predicted octanol–water partition coefficient (Wildman–Crippen LogP) is 16.2. The van der Waals surface area contributed by atoms with E-state index in [0.717, 1.165) is 50.1 Å². The minimum Gasteiger partial charge on any atom is -0.453 e. The van der Waals surface area contributed by atoms with Crippen molar-refractivity contribution in [1.82, 2.24) is 0 Å². The lowest BCUT2D eigenvalue weighted by Crippen LogP contribution is -2.16. The van der Waals surface area contributed by atoms with Crippen molar-refractivity contribution < 1.29 is 4.42 Å². The Balaban J connectivity index is 1.13. The molecule has 0 fully saturated rings. The molecule has 0 spiro atoms. The third-order valence-electron chi connectivity index (χ3n) is 12.5. The van der Waals surface area contributed by atoms with E-state index in [0.29, 0.717) is 0 Å². The van der Waals surface area contributed by atoms with Gasteiger partial charge in [-0.3, -0.25) is 0 Å². The second-order valence-corrected chi connectivity index (χ2v) is 17.1. The largest absolute Gasteiger partial charge is 0.453 e. The van der Waals surface area contributed by atoms with E-state index in [2.05, 4.69) is 207 Å². The Labute approximate surface area is 340 Å². The molecular weight excluding hydrogens is 723 g/mol. The smallest absolute Gasteiger partial charge is 0.159 e. The Kier molecular flexibility index (Phi) is 7.18. The molecule has 1 aliphatic carbocycles. The first-order chi connectivity index (χ1) is 28.5. The molecule has 2 heterocycles. The summed E-state index contributed by atoms with van der Waals surface area (Å²) in [6.45, 7) is 4.72. The van der Waals surface area contributed by atoms with Crippen molar-refractivity contribution in [1.29, 1.82) is 0 Å². The number of hydrogen-bond donors (Lipinski definition) is 0. The van der Waals surface area contributed by atoms with E-state index in [1.165, 1.54) is 64.3 Å². The van der Waals surface area contributed by atoms with Crippen molar-refractivity contribution >= 4 is 81.3 Å². The first kappa shape index (κ1) is 33.2.